The third-order valence-electron chi connectivity index (χ3n) is 5.01. The quantitative estimate of drug-likeness (QED) is 0.313. The molecule has 0 amide bonds. The van der Waals surface area contributed by atoms with Gasteiger partial charge in [0.15, 0.2) is 0 Å². The van der Waals surface area contributed by atoms with E-state index in [0.29, 0.717) is 30.4 Å². The molecule has 1 N–H and O–H groups in total. The molecule has 0 bridgehead atoms. The monoisotopic (exact) mass is 406 g/mol. The van der Waals surface area contributed by atoms with E-state index in [1.54, 1.807) is 0 Å². The zero-order valence-corrected chi connectivity index (χ0v) is 17.3. The second kappa shape index (κ2) is 10.4. The van der Waals surface area contributed by atoms with Crippen molar-refractivity contribution < 1.29 is 33.7 Å². The Balaban J connectivity index is 2.19. The molecule has 0 aromatic rings. The van der Waals surface area contributed by atoms with E-state index in [0.717, 1.165) is 5.57 Å². The maximum Gasteiger partial charge on any atom is 0.334 e. The number of esters is 3. The largest absolute Gasteiger partial charge is 0.461 e. The molecule has 1 saturated heterocycles. The third kappa shape index (κ3) is 6.85. The fraction of sp³-hybridized carbons (Fsp3) is 0.591. The molecule has 1 fully saturated rings. The Morgan fingerprint density at radius 2 is 2.00 bits per heavy atom. The lowest BCUT2D eigenvalue weighted by atomic mass is 9.85. The minimum Gasteiger partial charge on any atom is -0.461 e. The van der Waals surface area contributed by atoms with Crippen molar-refractivity contribution in [3.63, 3.8) is 0 Å². The summed E-state index contributed by atoms with van der Waals surface area (Å²) in [6.45, 7) is 9.10. The normalized spacial score (nSPS) is 28.5. The smallest absolute Gasteiger partial charge is 0.334 e. The van der Waals surface area contributed by atoms with Crippen LogP contribution >= 0.6 is 0 Å². The van der Waals surface area contributed by atoms with Crippen LogP contribution in [0.1, 0.15) is 46.5 Å². The molecular formula is C22H30O7. The maximum absolute atomic E-state index is 12.0. The van der Waals surface area contributed by atoms with Crippen molar-refractivity contribution in [2.45, 2.75) is 58.7 Å². The van der Waals surface area contributed by atoms with Crippen LogP contribution in [0.3, 0.4) is 0 Å². The Hall–Kier alpha value is -2.41. The molecule has 1 aliphatic heterocycles. The van der Waals surface area contributed by atoms with E-state index in [1.807, 2.05) is 26.0 Å². The molecule has 2 aliphatic rings. The van der Waals surface area contributed by atoms with Gasteiger partial charge in [0, 0.05) is 31.3 Å². The summed E-state index contributed by atoms with van der Waals surface area (Å²) in [5.74, 6) is -1.38. The summed E-state index contributed by atoms with van der Waals surface area (Å²) in [6, 6.07) is 0. The van der Waals surface area contributed by atoms with Gasteiger partial charge in [-0.15, -0.1) is 0 Å². The summed E-state index contributed by atoms with van der Waals surface area (Å²) in [7, 11) is 0. The molecule has 7 heteroatoms. The van der Waals surface area contributed by atoms with Gasteiger partial charge in [0.25, 0.3) is 0 Å². The number of hydrogen-bond donors (Lipinski definition) is 1. The van der Waals surface area contributed by atoms with Crippen molar-refractivity contribution in [1.82, 2.24) is 0 Å². The molecule has 0 spiro atoms. The number of fused-ring (bicyclic) bond motifs is 1. The average molecular weight is 406 g/mol. The van der Waals surface area contributed by atoms with Crippen LogP contribution in [-0.4, -0.2) is 48.4 Å². The number of aliphatic hydroxyl groups excluding tert-OH is 1. The van der Waals surface area contributed by atoms with E-state index >= 15 is 0 Å². The molecule has 0 aromatic heterocycles. The van der Waals surface area contributed by atoms with Gasteiger partial charge in [-0.3, -0.25) is 9.59 Å². The zero-order chi connectivity index (χ0) is 21.6. The predicted octanol–water partition coefficient (Wildman–Crippen LogP) is 2.63. The SMILES string of the molecule is C=C1C(=O)O[C@H]2C/C(COC(C)=O)=C\C/C=C(/COC(=O)CC(C)C)[C@H](O)C[C@H]12. The van der Waals surface area contributed by atoms with Crippen molar-refractivity contribution in [2.75, 3.05) is 13.2 Å². The highest BCUT2D eigenvalue weighted by atomic mass is 16.6. The van der Waals surface area contributed by atoms with E-state index in [4.69, 9.17) is 14.2 Å². The summed E-state index contributed by atoms with van der Waals surface area (Å²) >= 11 is 0. The molecule has 160 valence electrons. The Kier molecular flexibility index (Phi) is 8.20. The van der Waals surface area contributed by atoms with Gasteiger partial charge < -0.3 is 19.3 Å². The van der Waals surface area contributed by atoms with Gasteiger partial charge in [0.05, 0.1) is 6.10 Å². The van der Waals surface area contributed by atoms with Crippen molar-refractivity contribution in [3.05, 3.63) is 35.5 Å². The van der Waals surface area contributed by atoms with Gasteiger partial charge in [-0.05, 0) is 29.9 Å². The standard InChI is InChI=1S/C22H30O7/c1-13(2)8-21(25)28-12-17-7-5-6-16(11-27-15(4)23)9-20-18(10-19(17)24)14(3)22(26)29-20/h6-7,13,18-20,24H,3,5,8-12H2,1-2,4H3/b16-6+,17-7-/t18-,19-,20+/m1/s1. The first-order valence-electron chi connectivity index (χ1n) is 9.91. The molecule has 1 heterocycles. The minimum absolute atomic E-state index is 0.0154. The average Bonchev–Trinajstić information content (AvgIpc) is 2.88. The lowest BCUT2D eigenvalue weighted by Crippen LogP contribution is -2.27. The highest BCUT2D eigenvalue weighted by Gasteiger charge is 2.40. The first kappa shape index (κ1) is 22.9. The van der Waals surface area contributed by atoms with Crippen LogP contribution in [-0.2, 0) is 28.6 Å². The number of allylic oxidation sites excluding steroid dienone is 2. The van der Waals surface area contributed by atoms with Crippen LogP contribution in [0.2, 0.25) is 0 Å². The van der Waals surface area contributed by atoms with Crippen LogP contribution in [0.4, 0.5) is 0 Å². The first-order chi connectivity index (χ1) is 13.7. The summed E-state index contributed by atoms with van der Waals surface area (Å²) < 4.78 is 15.9. The highest BCUT2D eigenvalue weighted by molar-refractivity contribution is 5.90. The Morgan fingerprint density at radius 3 is 2.66 bits per heavy atom. The number of ether oxygens (including phenoxy) is 3. The predicted molar refractivity (Wildman–Crippen MR) is 106 cm³/mol. The molecule has 0 aromatic carbocycles. The Morgan fingerprint density at radius 1 is 1.28 bits per heavy atom. The van der Waals surface area contributed by atoms with Gasteiger partial charge in [-0.25, -0.2) is 4.79 Å². The number of carbonyl (C=O) groups is 3. The molecule has 29 heavy (non-hydrogen) atoms. The van der Waals surface area contributed by atoms with Crippen LogP contribution in [0.5, 0.6) is 0 Å². The molecule has 1 aliphatic carbocycles. The second-order valence-corrected chi connectivity index (χ2v) is 7.95. The lowest BCUT2D eigenvalue weighted by Gasteiger charge is -2.24. The van der Waals surface area contributed by atoms with E-state index in [1.165, 1.54) is 6.92 Å². The Labute approximate surface area is 171 Å². The van der Waals surface area contributed by atoms with Crippen LogP contribution in [0.15, 0.2) is 35.5 Å². The third-order valence-corrected chi connectivity index (χ3v) is 5.01. The van der Waals surface area contributed by atoms with E-state index in [2.05, 4.69) is 6.58 Å². The van der Waals surface area contributed by atoms with Gasteiger partial charge in [-0.1, -0.05) is 32.6 Å². The van der Waals surface area contributed by atoms with E-state index in [-0.39, 0.29) is 37.4 Å². The molecular weight excluding hydrogens is 376 g/mol. The first-order valence-corrected chi connectivity index (χ1v) is 9.91. The van der Waals surface area contributed by atoms with Crippen LogP contribution in [0.25, 0.3) is 0 Å². The van der Waals surface area contributed by atoms with Gasteiger partial charge in [0.1, 0.15) is 19.3 Å². The van der Waals surface area contributed by atoms with E-state index in [9.17, 15) is 19.5 Å². The molecule has 0 saturated carbocycles. The number of carbonyl (C=O) groups excluding carboxylic acids is 3. The molecule has 7 nitrogen and oxygen atoms in total. The number of rotatable bonds is 6. The summed E-state index contributed by atoms with van der Waals surface area (Å²) in [4.78, 5) is 35.1. The van der Waals surface area contributed by atoms with Crippen LogP contribution in [0, 0.1) is 11.8 Å². The summed E-state index contributed by atoms with van der Waals surface area (Å²) in [6.07, 6.45) is 3.74. The maximum atomic E-state index is 12.0. The summed E-state index contributed by atoms with van der Waals surface area (Å²) in [5, 5.41) is 10.7. The van der Waals surface area contributed by atoms with Crippen molar-refractivity contribution in [2.24, 2.45) is 11.8 Å². The second-order valence-electron chi connectivity index (χ2n) is 7.95. The lowest BCUT2D eigenvalue weighted by molar-refractivity contribution is -0.144. The Bertz CT molecular complexity index is 717. The topological polar surface area (TPSA) is 99.1 Å². The van der Waals surface area contributed by atoms with Crippen LogP contribution < -0.4 is 0 Å². The molecule has 2 rings (SSSR count). The molecule has 0 radical (unpaired) electrons. The number of hydrogen-bond acceptors (Lipinski definition) is 7. The van der Waals surface area contributed by atoms with Gasteiger partial charge in [0.2, 0.25) is 0 Å². The zero-order valence-electron chi connectivity index (χ0n) is 17.3. The minimum atomic E-state index is -0.885. The van der Waals surface area contributed by atoms with Crippen molar-refractivity contribution in [3.8, 4) is 0 Å². The van der Waals surface area contributed by atoms with Gasteiger partial charge in [-0.2, -0.15) is 0 Å². The van der Waals surface area contributed by atoms with Crippen molar-refractivity contribution in [1.29, 1.82) is 0 Å². The molecule has 3 atom stereocenters. The highest BCUT2D eigenvalue weighted by Crippen LogP contribution is 2.36. The van der Waals surface area contributed by atoms with Gasteiger partial charge >= 0.3 is 17.9 Å². The van der Waals surface area contributed by atoms with Crippen molar-refractivity contribution >= 4 is 17.9 Å². The summed E-state index contributed by atoms with van der Waals surface area (Å²) in [5.41, 5.74) is 1.71. The number of aliphatic hydroxyl groups is 1. The fourth-order valence-corrected chi connectivity index (χ4v) is 3.42. The molecule has 0 unspecified atom stereocenters. The fourth-order valence-electron chi connectivity index (χ4n) is 3.42. The van der Waals surface area contributed by atoms with E-state index < -0.39 is 24.1 Å².